The van der Waals surface area contributed by atoms with E-state index in [1.54, 1.807) is 0 Å². The van der Waals surface area contributed by atoms with E-state index in [2.05, 4.69) is 0 Å². The third-order valence-corrected chi connectivity index (χ3v) is 2.80. The first-order valence-corrected chi connectivity index (χ1v) is 4.95. The fourth-order valence-corrected chi connectivity index (χ4v) is 1.90. The van der Waals surface area contributed by atoms with Gasteiger partial charge in [0.05, 0.1) is 0 Å². The van der Waals surface area contributed by atoms with Gasteiger partial charge in [-0.05, 0) is 19.8 Å². The van der Waals surface area contributed by atoms with E-state index in [1.165, 1.54) is 6.92 Å². The molecule has 14 heavy (non-hydrogen) atoms. The molecule has 4 heteroatoms. The Hall–Kier alpha value is -1.19. The molecular weight excluding hydrogens is 184 g/mol. The molecule has 0 radical (unpaired) electrons. The summed E-state index contributed by atoms with van der Waals surface area (Å²) in [6.45, 7) is 1.49. The van der Waals surface area contributed by atoms with Gasteiger partial charge in [-0.3, -0.25) is 0 Å². The zero-order chi connectivity index (χ0) is 10.2. The van der Waals surface area contributed by atoms with Crippen LogP contribution in [0.25, 0.3) is 0 Å². The highest BCUT2D eigenvalue weighted by Gasteiger charge is 2.43. The predicted octanol–water partition coefficient (Wildman–Crippen LogP) is 2.01. The van der Waals surface area contributed by atoms with Gasteiger partial charge in [0.15, 0.2) is 0 Å². The van der Waals surface area contributed by atoms with E-state index in [-0.39, 0.29) is 11.5 Å². The summed E-state index contributed by atoms with van der Waals surface area (Å²) in [5.41, 5.74) is 0.154. The summed E-state index contributed by atoms with van der Waals surface area (Å²) in [5, 5.41) is 9.42. The topological polar surface area (TPSA) is 55.8 Å². The average molecular weight is 198 g/mol. The lowest BCUT2D eigenvalue weighted by Crippen LogP contribution is -2.43. The molecule has 2 aliphatic rings. The van der Waals surface area contributed by atoms with E-state index in [9.17, 15) is 9.90 Å². The van der Waals surface area contributed by atoms with E-state index in [1.807, 2.05) is 0 Å². The van der Waals surface area contributed by atoms with Gasteiger partial charge in [0, 0.05) is 12.8 Å². The Labute approximate surface area is 82.5 Å². The van der Waals surface area contributed by atoms with Gasteiger partial charge in [-0.25, -0.2) is 4.79 Å². The van der Waals surface area contributed by atoms with Crippen molar-refractivity contribution in [3.8, 4) is 0 Å². The molecule has 0 aromatic rings. The molecule has 0 aromatic carbocycles. The molecule has 0 atom stereocenters. The highest BCUT2D eigenvalue weighted by atomic mass is 16.8. The van der Waals surface area contributed by atoms with Gasteiger partial charge < -0.3 is 14.6 Å². The van der Waals surface area contributed by atoms with Gasteiger partial charge in [-0.15, -0.1) is 0 Å². The molecule has 0 aromatic heterocycles. The molecule has 78 valence electrons. The number of aliphatic hydroxyl groups excluding tert-OH is 1. The Balaban J connectivity index is 2.21. The van der Waals surface area contributed by atoms with Crippen LogP contribution in [0.5, 0.6) is 0 Å². The third kappa shape index (κ3) is 1.45. The summed E-state index contributed by atoms with van der Waals surface area (Å²) in [7, 11) is 0. The van der Waals surface area contributed by atoms with Gasteiger partial charge in [-0.1, -0.05) is 6.42 Å². The molecule has 1 aliphatic heterocycles. The number of ether oxygens (including phenoxy) is 2. The number of carbonyl (C=O) groups is 1. The second kappa shape index (κ2) is 3.19. The van der Waals surface area contributed by atoms with Crippen molar-refractivity contribution < 1.29 is 19.4 Å². The summed E-state index contributed by atoms with van der Waals surface area (Å²) >= 11 is 0. The quantitative estimate of drug-likeness (QED) is 0.605. The Morgan fingerprint density at radius 3 is 2.43 bits per heavy atom. The maximum Gasteiger partial charge on any atom is 0.344 e. The molecule has 1 aliphatic carbocycles. The Morgan fingerprint density at radius 1 is 1.21 bits per heavy atom. The minimum atomic E-state index is -0.876. The lowest BCUT2D eigenvalue weighted by atomic mass is 9.93. The van der Waals surface area contributed by atoms with Crippen LogP contribution in [-0.4, -0.2) is 16.9 Å². The van der Waals surface area contributed by atoms with E-state index in [0.29, 0.717) is 12.8 Å². The van der Waals surface area contributed by atoms with Crippen molar-refractivity contribution in [1.82, 2.24) is 0 Å². The molecule has 0 bridgehead atoms. The standard InChI is InChI=1S/C10H14O4/c1-7-8(11)13-10(14-9(7)12)5-3-2-4-6-10/h11H,2-6H2,1H3. The molecule has 0 saturated heterocycles. The highest BCUT2D eigenvalue weighted by molar-refractivity contribution is 5.88. The molecular formula is C10H14O4. The van der Waals surface area contributed by atoms with Crippen LogP contribution in [0.1, 0.15) is 39.0 Å². The van der Waals surface area contributed by atoms with Gasteiger partial charge >= 0.3 is 5.97 Å². The van der Waals surface area contributed by atoms with Crippen molar-refractivity contribution in [3.63, 3.8) is 0 Å². The average Bonchev–Trinajstić information content (AvgIpc) is 2.15. The van der Waals surface area contributed by atoms with Gasteiger partial charge in [0.25, 0.3) is 11.7 Å². The summed E-state index contributed by atoms with van der Waals surface area (Å²) in [5.74, 6) is -1.61. The summed E-state index contributed by atoms with van der Waals surface area (Å²) in [4.78, 5) is 11.4. The van der Waals surface area contributed by atoms with Crippen LogP contribution in [0.2, 0.25) is 0 Å². The van der Waals surface area contributed by atoms with E-state index in [4.69, 9.17) is 9.47 Å². The SMILES string of the molecule is CC1=C(O)OC2(CCCCC2)OC1=O. The Bertz CT molecular complexity index is 286. The third-order valence-electron chi connectivity index (χ3n) is 2.80. The summed E-state index contributed by atoms with van der Waals surface area (Å²) in [6.07, 6.45) is 4.43. The van der Waals surface area contributed by atoms with Gasteiger partial charge in [-0.2, -0.15) is 0 Å². The number of hydrogen-bond donors (Lipinski definition) is 1. The minimum absolute atomic E-state index is 0.154. The van der Waals surface area contributed by atoms with Crippen molar-refractivity contribution in [1.29, 1.82) is 0 Å². The normalized spacial score (nSPS) is 25.9. The van der Waals surface area contributed by atoms with Crippen molar-refractivity contribution in [2.75, 3.05) is 0 Å². The van der Waals surface area contributed by atoms with Crippen LogP contribution >= 0.6 is 0 Å². The molecule has 1 saturated carbocycles. The van der Waals surface area contributed by atoms with Crippen molar-refractivity contribution in [2.45, 2.75) is 44.8 Å². The van der Waals surface area contributed by atoms with Crippen LogP contribution in [0.15, 0.2) is 11.5 Å². The Morgan fingerprint density at radius 2 is 1.86 bits per heavy atom. The Kier molecular flexibility index (Phi) is 2.13. The summed E-state index contributed by atoms with van der Waals surface area (Å²) < 4.78 is 10.5. The number of hydrogen-bond acceptors (Lipinski definition) is 4. The highest BCUT2D eigenvalue weighted by Crippen LogP contribution is 2.37. The van der Waals surface area contributed by atoms with Crippen LogP contribution in [0, 0.1) is 0 Å². The number of carbonyl (C=O) groups excluding carboxylic acids is 1. The lowest BCUT2D eigenvalue weighted by molar-refractivity contribution is -0.249. The van der Waals surface area contributed by atoms with Crippen LogP contribution in [0.3, 0.4) is 0 Å². The van der Waals surface area contributed by atoms with E-state index < -0.39 is 11.8 Å². The second-order valence-corrected chi connectivity index (χ2v) is 3.89. The first-order valence-electron chi connectivity index (χ1n) is 4.95. The van der Waals surface area contributed by atoms with Crippen molar-refractivity contribution >= 4 is 5.97 Å². The largest absolute Gasteiger partial charge is 0.481 e. The van der Waals surface area contributed by atoms with Crippen molar-refractivity contribution in [2.24, 2.45) is 0 Å². The fourth-order valence-electron chi connectivity index (χ4n) is 1.90. The van der Waals surface area contributed by atoms with Gasteiger partial charge in [0.1, 0.15) is 5.57 Å². The lowest BCUT2D eigenvalue weighted by Gasteiger charge is -2.38. The fraction of sp³-hybridized carbons (Fsp3) is 0.700. The number of esters is 1. The van der Waals surface area contributed by atoms with E-state index in [0.717, 1.165) is 19.3 Å². The first-order chi connectivity index (χ1) is 6.63. The number of rotatable bonds is 0. The molecule has 1 fully saturated rings. The minimum Gasteiger partial charge on any atom is -0.481 e. The second-order valence-electron chi connectivity index (χ2n) is 3.89. The number of aliphatic hydroxyl groups is 1. The zero-order valence-electron chi connectivity index (χ0n) is 8.21. The maximum atomic E-state index is 11.4. The van der Waals surface area contributed by atoms with E-state index >= 15 is 0 Å². The first kappa shape index (κ1) is 9.37. The summed E-state index contributed by atoms with van der Waals surface area (Å²) in [6, 6.07) is 0. The predicted molar refractivity (Wildman–Crippen MR) is 48.3 cm³/mol. The molecule has 0 amide bonds. The zero-order valence-corrected chi connectivity index (χ0v) is 8.21. The van der Waals surface area contributed by atoms with Crippen LogP contribution in [-0.2, 0) is 14.3 Å². The monoisotopic (exact) mass is 198 g/mol. The maximum absolute atomic E-state index is 11.4. The smallest absolute Gasteiger partial charge is 0.344 e. The molecule has 1 spiro atoms. The molecule has 1 heterocycles. The molecule has 2 rings (SSSR count). The molecule has 1 N–H and O–H groups in total. The molecule has 4 nitrogen and oxygen atoms in total. The van der Waals surface area contributed by atoms with Crippen LogP contribution < -0.4 is 0 Å². The van der Waals surface area contributed by atoms with Crippen LogP contribution in [0.4, 0.5) is 0 Å². The van der Waals surface area contributed by atoms with Gasteiger partial charge in [0.2, 0.25) is 0 Å². The van der Waals surface area contributed by atoms with Crippen molar-refractivity contribution in [3.05, 3.63) is 11.5 Å². The molecule has 0 unspecified atom stereocenters.